The van der Waals surface area contributed by atoms with Gasteiger partial charge in [0.15, 0.2) is 6.10 Å². The third kappa shape index (κ3) is 7.58. The molecule has 2 unspecified atom stereocenters. The van der Waals surface area contributed by atoms with Gasteiger partial charge in [-0.3, -0.25) is 0 Å². The molecule has 1 N–H and O–H groups in total. The summed E-state index contributed by atoms with van der Waals surface area (Å²) in [5.74, 6) is 0. The number of rotatable bonds is 7. The highest BCUT2D eigenvalue weighted by molar-refractivity contribution is 4.62. The Bertz CT molecular complexity index is 164. The number of halogens is 3. The van der Waals surface area contributed by atoms with E-state index in [2.05, 4.69) is 10.1 Å². The summed E-state index contributed by atoms with van der Waals surface area (Å²) in [6, 6.07) is 0.111. The van der Waals surface area contributed by atoms with Gasteiger partial charge in [-0.1, -0.05) is 0 Å². The quantitative estimate of drug-likeness (QED) is 0.672. The average molecular weight is 229 g/mol. The van der Waals surface area contributed by atoms with Crippen molar-refractivity contribution in [2.75, 3.05) is 26.9 Å². The van der Waals surface area contributed by atoms with Crippen molar-refractivity contribution in [2.45, 2.75) is 32.2 Å². The minimum atomic E-state index is -4.28. The Labute approximate surface area is 87.9 Å². The van der Waals surface area contributed by atoms with E-state index in [4.69, 9.17) is 4.74 Å². The summed E-state index contributed by atoms with van der Waals surface area (Å²) in [5, 5.41) is 2.97. The van der Waals surface area contributed by atoms with Crippen molar-refractivity contribution in [2.24, 2.45) is 0 Å². The first-order valence-electron chi connectivity index (χ1n) is 4.78. The van der Waals surface area contributed by atoms with Gasteiger partial charge in [-0.05, 0) is 13.8 Å². The second-order valence-electron chi connectivity index (χ2n) is 3.37. The molecule has 0 amide bonds. The van der Waals surface area contributed by atoms with Crippen LogP contribution in [0.1, 0.15) is 13.8 Å². The molecule has 6 heteroatoms. The van der Waals surface area contributed by atoms with Gasteiger partial charge in [-0.25, -0.2) is 0 Å². The zero-order valence-corrected chi connectivity index (χ0v) is 9.23. The molecule has 0 fully saturated rings. The molecule has 0 spiro atoms. The fraction of sp³-hybridized carbons (Fsp3) is 1.00. The predicted molar refractivity (Wildman–Crippen MR) is 50.8 cm³/mol. The molecule has 3 nitrogen and oxygen atoms in total. The van der Waals surface area contributed by atoms with Crippen LogP contribution in [-0.4, -0.2) is 45.2 Å². The maximum Gasteiger partial charge on any atom is 0.414 e. The highest BCUT2D eigenvalue weighted by Crippen LogP contribution is 2.21. The van der Waals surface area contributed by atoms with Crippen LogP contribution in [0.5, 0.6) is 0 Å². The van der Waals surface area contributed by atoms with E-state index in [0.717, 1.165) is 6.92 Å². The molecule has 0 aromatic carbocycles. The molecule has 2 atom stereocenters. The topological polar surface area (TPSA) is 30.5 Å². The molecule has 0 aliphatic heterocycles. The Morgan fingerprint density at radius 3 is 2.33 bits per heavy atom. The summed E-state index contributed by atoms with van der Waals surface area (Å²) in [7, 11) is 1.57. The second-order valence-corrected chi connectivity index (χ2v) is 3.37. The number of hydrogen-bond donors (Lipinski definition) is 1. The molecule has 0 aliphatic carbocycles. The molecule has 0 aliphatic rings. The smallest absolute Gasteiger partial charge is 0.383 e. The maximum absolute atomic E-state index is 12.0. The minimum absolute atomic E-state index is 0.0364. The van der Waals surface area contributed by atoms with E-state index in [1.165, 1.54) is 0 Å². The van der Waals surface area contributed by atoms with Crippen LogP contribution in [0.4, 0.5) is 13.2 Å². The molecule has 0 radical (unpaired) electrons. The SMILES string of the molecule is COCC(C)NCCOC(C)C(F)(F)F. The largest absolute Gasteiger partial charge is 0.414 e. The summed E-state index contributed by atoms with van der Waals surface area (Å²) >= 11 is 0. The number of nitrogens with one attached hydrogen (secondary N) is 1. The first kappa shape index (κ1) is 14.7. The third-order valence-electron chi connectivity index (χ3n) is 1.84. The lowest BCUT2D eigenvalue weighted by atomic mass is 10.3. The van der Waals surface area contributed by atoms with E-state index in [9.17, 15) is 13.2 Å². The fourth-order valence-electron chi connectivity index (χ4n) is 0.944. The van der Waals surface area contributed by atoms with Crippen LogP contribution in [0.25, 0.3) is 0 Å². The standard InChI is InChI=1S/C9H18F3NO2/c1-7(6-14-3)13-4-5-15-8(2)9(10,11)12/h7-8,13H,4-6H2,1-3H3. The first-order valence-corrected chi connectivity index (χ1v) is 4.78. The zero-order valence-electron chi connectivity index (χ0n) is 9.23. The Morgan fingerprint density at radius 1 is 1.27 bits per heavy atom. The van der Waals surface area contributed by atoms with E-state index < -0.39 is 12.3 Å². The molecule has 0 aromatic heterocycles. The molecule has 0 heterocycles. The number of methoxy groups -OCH3 is 1. The third-order valence-corrected chi connectivity index (χ3v) is 1.84. The fourth-order valence-corrected chi connectivity index (χ4v) is 0.944. The summed E-state index contributed by atoms with van der Waals surface area (Å²) in [5.41, 5.74) is 0. The van der Waals surface area contributed by atoms with Gasteiger partial charge >= 0.3 is 6.18 Å². The molecular weight excluding hydrogens is 211 g/mol. The van der Waals surface area contributed by atoms with Gasteiger partial charge in [0.1, 0.15) is 0 Å². The highest BCUT2D eigenvalue weighted by Gasteiger charge is 2.36. The molecule has 0 bridgehead atoms. The second kappa shape index (κ2) is 7.03. The lowest BCUT2D eigenvalue weighted by molar-refractivity contribution is -0.213. The van der Waals surface area contributed by atoms with Crippen molar-refractivity contribution in [1.29, 1.82) is 0 Å². The molecule has 0 rings (SSSR count). The van der Waals surface area contributed by atoms with Gasteiger partial charge in [-0.15, -0.1) is 0 Å². The molecule has 0 saturated carbocycles. The van der Waals surface area contributed by atoms with Crippen LogP contribution in [-0.2, 0) is 9.47 Å². The van der Waals surface area contributed by atoms with Gasteiger partial charge in [0.25, 0.3) is 0 Å². The maximum atomic E-state index is 12.0. The van der Waals surface area contributed by atoms with E-state index in [0.29, 0.717) is 13.2 Å². The van der Waals surface area contributed by atoms with Crippen LogP contribution in [0.15, 0.2) is 0 Å². The Hall–Kier alpha value is -0.330. The van der Waals surface area contributed by atoms with E-state index in [1.54, 1.807) is 7.11 Å². The van der Waals surface area contributed by atoms with Crippen LogP contribution in [0, 0.1) is 0 Å². The molecule has 92 valence electrons. The van der Waals surface area contributed by atoms with Gasteiger partial charge in [0.05, 0.1) is 13.2 Å². The van der Waals surface area contributed by atoms with Crippen LogP contribution < -0.4 is 5.32 Å². The summed E-state index contributed by atoms with van der Waals surface area (Å²) in [4.78, 5) is 0. The molecule has 15 heavy (non-hydrogen) atoms. The minimum Gasteiger partial charge on any atom is -0.383 e. The van der Waals surface area contributed by atoms with Gasteiger partial charge in [0, 0.05) is 19.7 Å². The average Bonchev–Trinajstić information content (AvgIpc) is 2.11. The van der Waals surface area contributed by atoms with Gasteiger partial charge in [-0.2, -0.15) is 13.2 Å². The number of hydrogen-bond acceptors (Lipinski definition) is 3. The number of alkyl halides is 3. The van der Waals surface area contributed by atoms with E-state index in [-0.39, 0.29) is 12.6 Å². The van der Waals surface area contributed by atoms with Crippen molar-refractivity contribution < 1.29 is 22.6 Å². The van der Waals surface area contributed by atoms with Crippen LogP contribution in [0.3, 0.4) is 0 Å². The molecular formula is C9H18F3NO2. The van der Waals surface area contributed by atoms with Crippen molar-refractivity contribution in [3.8, 4) is 0 Å². The highest BCUT2D eigenvalue weighted by atomic mass is 19.4. The van der Waals surface area contributed by atoms with Crippen molar-refractivity contribution >= 4 is 0 Å². The van der Waals surface area contributed by atoms with Crippen molar-refractivity contribution in [3.63, 3.8) is 0 Å². The Kier molecular flexibility index (Phi) is 6.87. The van der Waals surface area contributed by atoms with E-state index in [1.807, 2.05) is 6.92 Å². The predicted octanol–water partition coefficient (Wildman–Crippen LogP) is 1.58. The van der Waals surface area contributed by atoms with Gasteiger partial charge in [0.2, 0.25) is 0 Å². The summed E-state index contributed by atoms with van der Waals surface area (Å²) in [6.45, 7) is 3.82. The number of ether oxygens (including phenoxy) is 2. The van der Waals surface area contributed by atoms with Crippen LogP contribution in [0.2, 0.25) is 0 Å². The lowest BCUT2D eigenvalue weighted by Gasteiger charge is -2.17. The van der Waals surface area contributed by atoms with Crippen LogP contribution >= 0.6 is 0 Å². The normalized spacial score (nSPS) is 16.4. The lowest BCUT2D eigenvalue weighted by Crippen LogP contribution is -2.35. The van der Waals surface area contributed by atoms with E-state index >= 15 is 0 Å². The summed E-state index contributed by atoms with van der Waals surface area (Å²) in [6.07, 6.45) is -5.99. The summed E-state index contributed by atoms with van der Waals surface area (Å²) < 4.78 is 45.4. The van der Waals surface area contributed by atoms with Gasteiger partial charge < -0.3 is 14.8 Å². The monoisotopic (exact) mass is 229 g/mol. The Balaban J connectivity index is 3.46. The molecule has 0 aromatic rings. The zero-order chi connectivity index (χ0) is 11.9. The Morgan fingerprint density at radius 2 is 1.87 bits per heavy atom. The van der Waals surface area contributed by atoms with Crippen molar-refractivity contribution in [3.05, 3.63) is 0 Å². The molecule has 0 saturated heterocycles. The van der Waals surface area contributed by atoms with Crippen molar-refractivity contribution in [1.82, 2.24) is 5.32 Å². The first-order chi connectivity index (χ1) is 6.88.